The molecule has 0 aromatic heterocycles. The summed E-state index contributed by atoms with van der Waals surface area (Å²) in [5.74, 6) is 3.63. The summed E-state index contributed by atoms with van der Waals surface area (Å²) in [6, 6.07) is -0.00120. The molecule has 0 aliphatic carbocycles. The van der Waals surface area contributed by atoms with Crippen molar-refractivity contribution in [3.8, 4) is 0 Å². The fraction of sp³-hybridized carbons (Fsp3) is 0.923. The number of carbonyl (C=O) groups excluding carboxylic acids is 1. The number of amides is 1. The molecule has 2 atom stereocenters. The first-order valence-corrected chi connectivity index (χ1v) is 8.03. The first-order chi connectivity index (χ1) is 8.27. The third-order valence-electron chi connectivity index (χ3n) is 3.77. The van der Waals surface area contributed by atoms with Crippen LogP contribution in [-0.4, -0.2) is 48.0 Å². The largest absolute Gasteiger partial charge is 0.341 e. The number of thioether (sulfide) groups is 1. The van der Waals surface area contributed by atoms with Crippen LogP contribution in [0.2, 0.25) is 0 Å². The van der Waals surface area contributed by atoms with Gasteiger partial charge in [0, 0.05) is 13.1 Å². The lowest BCUT2D eigenvalue weighted by molar-refractivity contribution is -0.133. The van der Waals surface area contributed by atoms with E-state index in [2.05, 4.69) is 5.32 Å². The Balaban J connectivity index is 1.70. The molecule has 0 bridgehead atoms. The van der Waals surface area contributed by atoms with Gasteiger partial charge in [-0.3, -0.25) is 4.79 Å². The molecule has 17 heavy (non-hydrogen) atoms. The molecule has 0 spiro atoms. The minimum Gasteiger partial charge on any atom is -0.341 e. The van der Waals surface area contributed by atoms with Gasteiger partial charge in [-0.1, -0.05) is 0 Å². The molecule has 1 N–H and O–H groups in total. The van der Waals surface area contributed by atoms with Gasteiger partial charge >= 0.3 is 0 Å². The molecule has 0 saturated carbocycles. The molecule has 0 radical (unpaired) electrons. The van der Waals surface area contributed by atoms with Gasteiger partial charge in [-0.25, -0.2) is 0 Å². The minimum absolute atomic E-state index is 0.00120. The molecule has 2 aliphatic heterocycles. The Bertz CT molecular complexity index is 248. The second kappa shape index (κ2) is 6.64. The summed E-state index contributed by atoms with van der Waals surface area (Å²) in [7, 11) is 0. The van der Waals surface area contributed by atoms with Crippen molar-refractivity contribution >= 4 is 17.7 Å². The van der Waals surface area contributed by atoms with Gasteiger partial charge in [0.05, 0.1) is 6.04 Å². The van der Waals surface area contributed by atoms with Crippen LogP contribution in [0, 0.1) is 5.92 Å². The predicted molar refractivity (Wildman–Crippen MR) is 73.3 cm³/mol. The van der Waals surface area contributed by atoms with Gasteiger partial charge in [-0.15, -0.1) is 0 Å². The van der Waals surface area contributed by atoms with Crippen molar-refractivity contribution in [3.63, 3.8) is 0 Å². The van der Waals surface area contributed by atoms with Crippen molar-refractivity contribution in [3.05, 3.63) is 0 Å². The van der Waals surface area contributed by atoms with Gasteiger partial charge in [-0.2, -0.15) is 11.8 Å². The minimum atomic E-state index is -0.00120. The van der Waals surface area contributed by atoms with Crippen LogP contribution in [0.25, 0.3) is 0 Å². The highest BCUT2D eigenvalue weighted by Crippen LogP contribution is 2.22. The number of rotatable bonds is 4. The Morgan fingerprint density at radius 3 is 2.82 bits per heavy atom. The molecule has 2 heterocycles. The summed E-state index contributed by atoms with van der Waals surface area (Å²) < 4.78 is 0. The summed E-state index contributed by atoms with van der Waals surface area (Å²) in [6.45, 7) is 4.95. The zero-order chi connectivity index (χ0) is 12.1. The summed E-state index contributed by atoms with van der Waals surface area (Å²) in [5.41, 5.74) is 0. The fourth-order valence-electron chi connectivity index (χ4n) is 2.56. The average molecular weight is 256 g/mol. The summed E-state index contributed by atoms with van der Waals surface area (Å²) in [5, 5.41) is 3.42. The molecule has 2 rings (SSSR count). The Labute approximate surface area is 109 Å². The molecular weight excluding hydrogens is 232 g/mol. The van der Waals surface area contributed by atoms with Crippen LogP contribution >= 0.6 is 11.8 Å². The van der Waals surface area contributed by atoms with Crippen molar-refractivity contribution in [2.45, 2.75) is 38.6 Å². The number of hydrogen-bond acceptors (Lipinski definition) is 3. The third-order valence-corrected chi connectivity index (χ3v) is 5.01. The smallest absolute Gasteiger partial charge is 0.239 e. The van der Waals surface area contributed by atoms with Crippen molar-refractivity contribution in [2.24, 2.45) is 5.92 Å². The molecular formula is C13H24N2OS. The van der Waals surface area contributed by atoms with E-state index in [1.54, 1.807) is 0 Å². The van der Waals surface area contributed by atoms with Crippen LogP contribution in [0.4, 0.5) is 0 Å². The number of carbonyl (C=O) groups is 1. The zero-order valence-electron chi connectivity index (χ0n) is 10.8. The Hall–Kier alpha value is -0.220. The molecule has 98 valence electrons. The van der Waals surface area contributed by atoms with Crippen molar-refractivity contribution in [1.82, 2.24) is 10.2 Å². The van der Waals surface area contributed by atoms with E-state index in [1.165, 1.54) is 37.2 Å². The summed E-state index contributed by atoms with van der Waals surface area (Å²) in [4.78, 5) is 14.2. The molecule has 3 nitrogen and oxygen atoms in total. The quantitative estimate of drug-likeness (QED) is 0.831. The number of nitrogens with zero attached hydrogens (tertiary/aromatic N) is 1. The number of nitrogens with one attached hydrogen (secondary N) is 1. The van der Waals surface area contributed by atoms with Gasteiger partial charge in [-0.05, 0) is 56.6 Å². The highest BCUT2D eigenvalue weighted by Gasteiger charge is 2.23. The third kappa shape index (κ3) is 3.88. The van der Waals surface area contributed by atoms with Crippen LogP contribution in [0.1, 0.15) is 32.6 Å². The molecule has 2 aliphatic rings. The first-order valence-electron chi connectivity index (χ1n) is 6.87. The highest BCUT2D eigenvalue weighted by molar-refractivity contribution is 7.99. The molecule has 2 saturated heterocycles. The van der Waals surface area contributed by atoms with E-state index in [0.29, 0.717) is 5.91 Å². The van der Waals surface area contributed by atoms with Crippen LogP contribution < -0.4 is 5.32 Å². The number of piperidine rings is 1. The molecule has 2 unspecified atom stereocenters. The number of likely N-dealkylation sites (tertiary alicyclic amines) is 1. The van der Waals surface area contributed by atoms with Crippen molar-refractivity contribution < 1.29 is 4.79 Å². The first kappa shape index (κ1) is 13.2. The SMILES string of the molecule is CC(NCC1CCSC1)C(=O)N1CCCCC1. The lowest BCUT2D eigenvalue weighted by atomic mass is 10.1. The standard InChI is InChI=1S/C13H24N2OS/c1-11(14-9-12-5-8-17-10-12)13(16)15-6-3-2-4-7-15/h11-12,14H,2-10H2,1H3. The van der Waals surface area contributed by atoms with E-state index in [9.17, 15) is 4.79 Å². The zero-order valence-corrected chi connectivity index (χ0v) is 11.6. The van der Waals surface area contributed by atoms with Crippen molar-refractivity contribution in [1.29, 1.82) is 0 Å². The fourth-order valence-corrected chi connectivity index (χ4v) is 3.85. The van der Waals surface area contributed by atoms with Crippen molar-refractivity contribution in [2.75, 3.05) is 31.1 Å². The average Bonchev–Trinajstić information content (AvgIpc) is 2.89. The lowest BCUT2D eigenvalue weighted by Crippen LogP contribution is -2.47. The van der Waals surface area contributed by atoms with Gasteiger partial charge in [0.15, 0.2) is 0 Å². The maximum absolute atomic E-state index is 12.2. The molecule has 1 amide bonds. The second-order valence-electron chi connectivity index (χ2n) is 5.25. The van der Waals surface area contributed by atoms with E-state index in [1.807, 2.05) is 23.6 Å². The Morgan fingerprint density at radius 1 is 1.41 bits per heavy atom. The van der Waals surface area contributed by atoms with Gasteiger partial charge in [0.2, 0.25) is 5.91 Å². The summed E-state index contributed by atoms with van der Waals surface area (Å²) in [6.07, 6.45) is 4.95. The van der Waals surface area contributed by atoms with Crippen LogP contribution in [0.5, 0.6) is 0 Å². The van der Waals surface area contributed by atoms with E-state index < -0.39 is 0 Å². The van der Waals surface area contributed by atoms with Crippen LogP contribution in [0.3, 0.4) is 0 Å². The Kier molecular flexibility index (Phi) is 5.16. The van der Waals surface area contributed by atoms with Gasteiger partial charge in [0.1, 0.15) is 0 Å². The monoisotopic (exact) mass is 256 g/mol. The Morgan fingerprint density at radius 2 is 2.18 bits per heavy atom. The van der Waals surface area contributed by atoms with Crippen LogP contribution in [0.15, 0.2) is 0 Å². The molecule has 2 fully saturated rings. The van der Waals surface area contributed by atoms with Gasteiger partial charge < -0.3 is 10.2 Å². The topological polar surface area (TPSA) is 32.3 Å². The lowest BCUT2D eigenvalue weighted by Gasteiger charge is -2.29. The van der Waals surface area contributed by atoms with E-state index >= 15 is 0 Å². The van der Waals surface area contributed by atoms with E-state index in [-0.39, 0.29) is 6.04 Å². The second-order valence-corrected chi connectivity index (χ2v) is 6.40. The summed E-state index contributed by atoms with van der Waals surface area (Å²) >= 11 is 2.03. The highest BCUT2D eigenvalue weighted by atomic mass is 32.2. The van der Waals surface area contributed by atoms with E-state index in [0.717, 1.165) is 25.6 Å². The predicted octanol–water partition coefficient (Wildman–Crippen LogP) is 1.73. The normalized spacial score (nSPS) is 27.1. The molecule has 0 aromatic carbocycles. The van der Waals surface area contributed by atoms with Crippen LogP contribution in [-0.2, 0) is 4.79 Å². The molecule has 4 heteroatoms. The molecule has 0 aromatic rings. The maximum Gasteiger partial charge on any atom is 0.239 e. The maximum atomic E-state index is 12.2. The number of hydrogen-bond donors (Lipinski definition) is 1. The van der Waals surface area contributed by atoms with Gasteiger partial charge in [0.25, 0.3) is 0 Å². The van der Waals surface area contributed by atoms with E-state index in [4.69, 9.17) is 0 Å².